The number of nitrogens with one attached hydrogen (secondary N) is 2. The highest BCUT2D eigenvalue weighted by atomic mass is 32.1. The maximum absolute atomic E-state index is 13.4. The van der Waals surface area contributed by atoms with Crippen LogP contribution in [0.25, 0.3) is 11.0 Å². The molecule has 0 unspecified atom stereocenters. The normalized spacial score (nSPS) is 23.9. The molecule has 0 saturated carbocycles. The number of aromatic nitrogens is 2. The predicted molar refractivity (Wildman–Crippen MR) is 122 cm³/mol. The number of likely N-dealkylation sites (tertiary alicyclic amines) is 1. The van der Waals surface area contributed by atoms with Crippen molar-refractivity contribution in [3.8, 4) is 0 Å². The van der Waals surface area contributed by atoms with Crippen LogP contribution >= 0.6 is 11.3 Å². The lowest BCUT2D eigenvalue weighted by atomic mass is 9.87. The maximum Gasteiger partial charge on any atom is 0.223 e. The Kier molecular flexibility index (Phi) is 5.52. The number of imidazole rings is 1. The molecule has 6 nitrogen and oxygen atoms in total. The van der Waals surface area contributed by atoms with Crippen molar-refractivity contribution in [3.05, 3.63) is 52.5 Å². The number of nitrogens with zero attached hydrogens (tertiary/aromatic N) is 2. The summed E-state index contributed by atoms with van der Waals surface area (Å²) in [5.74, 6) is 1.15. The largest absolute Gasteiger partial charge is 0.350 e. The van der Waals surface area contributed by atoms with E-state index in [-0.39, 0.29) is 23.4 Å². The first-order chi connectivity index (χ1) is 15.1. The number of fused-ring (bicyclic) bond motifs is 1. The van der Waals surface area contributed by atoms with E-state index >= 15 is 0 Å². The Morgan fingerprint density at radius 3 is 2.90 bits per heavy atom. The summed E-state index contributed by atoms with van der Waals surface area (Å²) in [6.45, 7) is 0.769. The summed E-state index contributed by atoms with van der Waals surface area (Å²) in [6.07, 6.45) is 6.33. The van der Waals surface area contributed by atoms with Gasteiger partial charge in [0.05, 0.1) is 17.1 Å². The Bertz CT molecular complexity index is 1040. The molecule has 2 saturated heterocycles. The lowest BCUT2D eigenvalue weighted by molar-refractivity contribution is -0.136. The molecule has 2 fully saturated rings. The van der Waals surface area contributed by atoms with Crippen molar-refractivity contribution < 1.29 is 9.59 Å². The summed E-state index contributed by atoms with van der Waals surface area (Å²) in [7, 11) is 0. The SMILES string of the molecule is O=C1CC[C@@](CCC(=O)N2CCCC[C@@H]2c2nc3ccccc3[nH]2)(Cc2cccs2)N1. The summed E-state index contributed by atoms with van der Waals surface area (Å²) in [5, 5.41) is 5.27. The monoisotopic (exact) mass is 436 g/mol. The Morgan fingerprint density at radius 2 is 2.13 bits per heavy atom. The minimum atomic E-state index is -0.303. The maximum atomic E-state index is 13.4. The molecule has 0 bridgehead atoms. The van der Waals surface area contributed by atoms with Gasteiger partial charge in [-0.05, 0) is 55.7 Å². The molecule has 2 atom stereocenters. The van der Waals surface area contributed by atoms with Crippen molar-refractivity contribution in [2.75, 3.05) is 6.54 Å². The van der Waals surface area contributed by atoms with Gasteiger partial charge in [-0.3, -0.25) is 9.59 Å². The van der Waals surface area contributed by atoms with Crippen molar-refractivity contribution in [1.29, 1.82) is 0 Å². The predicted octanol–water partition coefficient (Wildman–Crippen LogP) is 4.35. The molecule has 2 aliphatic rings. The third-order valence-electron chi connectivity index (χ3n) is 6.69. The first-order valence-electron chi connectivity index (χ1n) is 11.2. The average Bonchev–Trinajstić information content (AvgIpc) is 3.53. The van der Waals surface area contributed by atoms with Gasteiger partial charge in [0, 0.05) is 36.2 Å². The number of benzene rings is 1. The average molecular weight is 437 g/mol. The van der Waals surface area contributed by atoms with Gasteiger partial charge in [0.2, 0.25) is 11.8 Å². The van der Waals surface area contributed by atoms with Crippen LogP contribution in [0.1, 0.15) is 61.7 Å². The van der Waals surface area contributed by atoms with Gasteiger partial charge < -0.3 is 15.2 Å². The van der Waals surface area contributed by atoms with E-state index in [0.717, 1.165) is 55.5 Å². The molecule has 31 heavy (non-hydrogen) atoms. The standard InChI is InChI=1S/C24H28N4O2S/c29-21-10-12-24(27-21,16-17-6-5-15-31-17)13-11-22(30)28-14-4-3-9-20(28)23-25-18-7-1-2-8-19(18)26-23/h1-2,5-8,15,20H,3-4,9-14,16H2,(H,25,26)(H,27,29)/t20-,24-/m1/s1. The van der Waals surface area contributed by atoms with Crippen molar-refractivity contribution in [2.45, 2.75) is 62.9 Å². The van der Waals surface area contributed by atoms with Crippen LogP contribution in [0.2, 0.25) is 0 Å². The second kappa shape index (κ2) is 8.46. The van der Waals surface area contributed by atoms with Gasteiger partial charge in [-0.2, -0.15) is 0 Å². The number of H-pyrrole nitrogens is 1. The lowest BCUT2D eigenvalue weighted by Gasteiger charge is -2.36. The summed E-state index contributed by atoms with van der Waals surface area (Å²) in [5.41, 5.74) is 1.65. The van der Waals surface area contributed by atoms with Gasteiger partial charge >= 0.3 is 0 Å². The Labute approximate surface area is 186 Å². The van der Waals surface area contributed by atoms with Crippen LogP contribution in [-0.4, -0.2) is 38.8 Å². The Balaban J connectivity index is 1.31. The number of hydrogen-bond acceptors (Lipinski definition) is 4. The molecule has 5 rings (SSSR count). The highest BCUT2D eigenvalue weighted by molar-refractivity contribution is 7.09. The number of carbonyl (C=O) groups is 2. The number of aromatic amines is 1. The molecule has 0 spiro atoms. The van der Waals surface area contributed by atoms with Gasteiger partial charge in [-0.25, -0.2) is 4.98 Å². The summed E-state index contributed by atoms with van der Waals surface area (Å²) < 4.78 is 0. The summed E-state index contributed by atoms with van der Waals surface area (Å²) >= 11 is 1.71. The number of para-hydroxylation sites is 2. The zero-order chi connectivity index (χ0) is 21.3. The van der Waals surface area contributed by atoms with E-state index < -0.39 is 0 Å². The van der Waals surface area contributed by atoms with E-state index in [1.54, 1.807) is 11.3 Å². The molecule has 2 amide bonds. The Hall–Kier alpha value is -2.67. The molecule has 3 aromatic rings. The smallest absolute Gasteiger partial charge is 0.223 e. The number of hydrogen-bond donors (Lipinski definition) is 2. The number of thiophene rings is 1. The highest BCUT2D eigenvalue weighted by Gasteiger charge is 2.39. The van der Waals surface area contributed by atoms with E-state index in [4.69, 9.17) is 4.98 Å². The quantitative estimate of drug-likeness (QED) is 0.603. The number of rotatable bonds is 6. The van der Waals surface area contributed by atoms with Crippen LogP contribution in [0.5, 0.6) is 0 Å². The molecule has 4 heterocycles. The van der Waals surface area contributed by atoms with E-state index in [9.17, 15) is 9.59 Å². The van der Waals surface area contributed by atoms with Gasteiger partial charge in [-0.1, -0.05) is 18.2 Å². The fourth-order valence-corrected chi connectivity index (χ4v) is 5.91. The number of amides is 2. The van der Waals surface area contributed by atoms with Gasteiger partial charge in [-0.15, -0.1) is 11.3 Å². The fourth-order valence-electron chi connectivity index (χ4n) is 5.06. The molecular weight excluding hydrogens is 408 g/mol. The molecule has 7 heteroatoms. The van der Waals surface area contributed by atoms with Crippen molar-refractivity contribution >= 4 is 34.2 Å². The molecule has 1 aromatic carbocycles. The van der Waals surface area contributed by atoms with Crippen LogP contribution in [0, 0.1) is 0 Å². The third-order valence-corrected chi connectivity index (χ3v) is 7.57. The Morgan fingerprint density at radius 1 is 1.23 bits per heavy atom. The van der Waals surface area contributed by atoms with Gasteiger partial charge in [0.25, 0.3) is 0 Å². The second-order valence-electron chi connectivity index (χ2n) is 8.82. The topological polar surface area (TPSA) is 78.1 Å². The van der Waals surface area contributed by atoms with E-state index in [1.165, 1.54) is 4.88 Å². The molecule has 2 aliphatic heterocycles. The molecule has 0 radical (unpaired) electrons. The fraction of sp³-hybridized carbons (Fsp3) is 0.458. The van der Waals surface area contributed by atoms with Crippen LogP contribution < -0.4 is 5.32 Å². The summed E-state index contributed by atoms with van der Waals surface area (Å²) in [6, 6.07) is 12.2. The van der Waals surface area contributed by atoms with Gasteiger partial charge in [0.1, 0.15) is 5.82 Å². The minimum Gasteiger partial charge on any atom is -0.350 e. The van der Waals surface area contributed by atoms with Crippen LogP contribution in [0.15, 0.2) is 41.8 Å². The first-order valence-corrected chi connectivity index (χ1v) is 12.1. The van der Waals surface area contributed by atoms with Crippen LogP contribution in [-0.2, 0) is 16.0 Å². The van der Waals surface area contributed by atoms with Crippen molar-refractivity contribution in [3.63, 3.8) is 0 Å². The van der Waals surface area contributed by atoms with Crippen molar-refractivity contribution in [2.24, 2.45) is 0 Å². The summed E-state index contributed by atoms with van der Waals surface area (Å²) in [4.78, 5) is 36.9. The van der Waals surface area contributed by atoms with E-state index in [0.29, 0.717) is 19.3 Å². The van der Waals surface area contributed by atoms with Crippen LogP contribution in [0.4, 0.5) is 0 Å². The molecule has 2 aromatic heterocycles. The lowest BCUT2D eigenvalue weighted by Crippen LogP contribution is -2.45. The third kappa shape index (κ3) is 4.24. The van der Waals surface area contributed by atoms with Crippen LogP contribution in [0.3, 0.4) is 0 Å². The first kappa shape index (κ1) is 20.2. The van der Waals surface area contributed by atoms with E-state index in [2.05, 4.69) is 21.7 Å². The molecule has 162 valence electrons. The zero-order valence-electron chi connectivity index (χ0n) is 17.6. The zero-order valence-corrected chi connectivity index (χ0v) is 18.4. The number of carbonyl (C=O) groups excluding carboxylic acids is 2. The minimum absolute atomic E-state index is 0.0000603. The molecule has 2 N–H and O–H groups in total. The molecule has 0 aliphatic carbocycles. The second-order valence-corrected chi connectivity index (χ2v) is 9.85. The number of piperidine rings is 1. The van der Waals surface area contributed by atoms with Gasteiger partial charge in [0.15, 0.2) is 0 Å². The molecular formula is C24H28N4O2S. The van der Waals surface area contributed by atoms with E-state index in [1.807, 2.05) is 35.2 Å². The van der Waals surface area contributed by atoms with Crippen molar-refractivity contribution in [1.82, 2.24) is 20.2 Å². The highest BCUT2D eigenvalue weighted by Crippen LogP contribution is 2.34.